The quantitative estimate of drug-likeness (QED) is 0.502. The second kappa shape index (κ2) is 10.8. The van der Waals surface area contributed by atoms with Crippen LogP contribution in [0.2, 0.25) is 5.02 Å². The number of rotatable bonds is 8. The first-order valence-electron chi connectivity index (χ1n) is 9.37. The first-order chi connectivity index (χ1) is 13.4. The molecule has 1 aliphatic heterocycles. The largest absolute Gasteiger partial charge is 0.434 e. The topological polar surface area (TPSA) is 58.1 Å². The van der Waals surface area contributed by atoms with E-state index in [-0.39, 0.29) is 17.8 Å². The van der Waals surface area contributed by atoms with Crippen LogP contribution in [0.3, 0.4) is 0 Å². The van der Waals surface area contributed by atoms with Crippen LogP contribution in [0.15, 0.2) is 23.2 Å². The van der Waals surface area contributed by atoms with Crippen molar-refractivity contribution in [3.8, 4) is 5.75 Å². The summed E-state index contributed by atoms with van der Waals surface area (Å²) in [5.41, 5.74) is 0.479. The lowest BCUT2D eigenvalue weighted by Gasteiger charge is -2.43. The van der Waals surface area contributed by atoms with Crippen molar-refractivity contribution in [2.45, 2.75) is 38.5 Å². The van der Waals surface area contributed by atoms with Crippen LogP contribution in [0.25, 0.3) is 0 Å². The minimum absolute atomic E-state index is 0.0194. The molecule has 0 bridgehead atoms. The molecule has 1 aromatic rings. The van der Waals surface area contributed by atoms with Crippen LogP contribution in [0.5, 0.6) is 5.75 Å². The molecule has 0 spiro atoms. The zero-order valence-corrected chi connectivity index (χ0v) is 17.4. The van der Waals surface area contributed by atoms with Gasteiger partial charge < -0.3 is 25.0 Å². The van der Waals surface area contributed by atoms with Gasteiger partial charge in [0.15, 0.2) is 5.96 Å². The van der Waals surface area contributed by atoms with E-state index in [2.05, 4.69) is 39.4 Å². The van der Waals surface area contributed by atoms with Gasteiger partial charge in [-0.1, -0.05) is 11.6 Å². The molecular formula is C19H29ClF2N4O2. The fourth-order valence-corrected chi connectivity index (χ4v) is 3.36. The number of likely N-dealkylation sites (N-methyl/N-ethyl adjacent to an activating group) is 1. The summed E-state index contributed by atoms with van der Waals surface area (Å²) in [7, 11) is 4.13. The second-order valence-corrected chi connectivity index (χ2v) is 7.35. The van der Waals surface area contributed by atoms with Crippen molar-refractivity contribution in [3.63, 3.8) is 0 Å². The lowest BCUT2D eigenvalue weighted by molar-refractivity contribution is -0.0504. The molecule has 2 N–H and O–H groups in total. The minimum atomic E-state index is -2.90. The number of ether oxygens (including phenoxy) is 2. The molecule has 1 saturated heterocycles. The number of benzene rings is 1. The molecular weight excluding hydrogens is 390 g/mol. The number of nitrogens with one attached hydrogen (secondary N) is 2. The molecule has 0 atom stereocenters. The Morgan fingerprint density at radius 3 is 2.64 bits per heavy atom. The lowest BCUT2D eigenvalue weighted by Crippen LogP contribution is -2.57. The molecule has 1 aromatic carbocycles. The summed E-state index contributed by atoms with van der Waals surface area (Å²) in [5, 5.41) is 7.01. The maximum Gasteiger partial charge on any atom is 0.387 e. The number of hydrogen-bond donors (Lipinski definition) is 2. The van der Waals surface area contributed by atoms with Gasteiger partial charge in [-0.2, -0.15) is 8.78 Å². The molecule has 158 valence electrons. The second-order valence-electron chi connectivity index (χ2n) is 6.91. The first kappa shape index (κ1) is 22.6. The van der Waals surface area contributed by atoms with Gasteiger partial charge in [-0.25, -0.2) is 4.99 Å². The predicted octanol–water partition coefficient (Wildman–Crippen LogP) is 3.11. The lowest BCUT2D eigenvalue weighted by atomic mass is 9.88. The summed E-state index contributed by atoms with van der Waals surface area (Å²) in [6, 6.07) is 4.54. The number of nitrogens with zero attached hydrogens (tertiary/aromatic N) is 2. The number of guanidine groups is 1. The molecule has 2 rings (SSSR count). The zero-order valence-electron chi connectivity index (χ0n) is 16.6. The summed E-state index contributed by atoms with van der Waals surface area (Å²) in [6.45, 7) is 2.07. The molecule has 6 nitrogen and oxygen atoms in total. The first-order valence-corrected chi connectivity index (χ1v) is 9.74. The fraction of sp³-hybridized carbons (Fsp3) is 0.632. The highest BCUT2D eigenvalue weighted by molar-refractivity contribution is 6.30. The molecule has 0 amide bonds. The Bertz CT molecular complexity index is 653. The van der Waals surface area contributed by atoms with Gasteiger partial charge in [0, 0.05) is 42.4 Å². The Morgan fingerprint density at radius 2 is 2.04 bits per heavy atom. The van der Waals surface area contributed by atoms with E-state index in [1.54, 1.807) is 6.07 Å². The zero-order chi connectivity index (χ0) is 20.6. The maximum absolute atomic E-state index is 12.6. The Kier molecular flexibility index (Phi) is 8.72. The Morgan fingerprint density at radius 1 is 1.32 bits per heavy atom. The van der Waals surface area contributed by atoms with Gasteiger partial charge >= 0.3 is 6.61 Å². The molecule has 28 heavy (non-hydrogen) atoms. The Hall–Kier alpha value is -1.64. The average Bonchev–Trinajstić information content (AvgIpc) is 2.66. The van der Waals surface area contributed by atoms with Crippen molar-refractivity contribution < 1.29 is 18.3 Å². The van der Waals surface area contributed by atoms with E-state index < -0.39 is 6.61 Å². The van der Waals surface area contributed by atoms with Crippen LogP contribution in [0, 0.1) is 0 Å². The van der Waals surface area contributed by atoms with E-state index in [0.29, 0.717) is 29.6 Å². The summed E-state index contributed by atoms with van der Waals surface area (Å²) < 4.78 is 35.3. The SMILES string of the molecule is CCNC(=NCc1cc(Cl)ccc1OC(F)F)NCC1(N(C)C)CCOCC1. The molecule has 0 saturated carbocycles. The fourth-order valence-electron chi connectivity index (χ4n) is 3.17. The van der Waals surface area contributed by atoms with Gasteiger partial charge in [-0.05, 0) is 52.1 Å². The van der Waals surface area contributed by atoms with Crippen LogP contribution in [-0.2, 0) is 11.3 Å². The van der Waals surface area contributed by atoms with Crippen molar-refractivity contribution in [3.05, 3.63) is 28.8 Å². The van der Waals surface area contributed by atoms with Gasteiger partial charge in [-0.15, -0.1) is 0 Å². The summed E-state index contributed by atoms with van der Waals surface area (Å²) in [6.07, 6.45) is 1.85. The Balaban J connectivity index is 2.11. The van der Waals surface area contributed by atoms with E-state index in [1.165, 1.54) is 12.1 Å². The third-order valence-electron chi connectivity index (χ3n) is 4.95. The number of alkyl halides is 2. The highest BCUT2D eigenvalue weighted by Crippen LogP contribution is 2.26. The smallest absolute Gasteiger partial charge is 0.387 e. The van der Waals surface area contributed by atoms with Gasteiger partial charge in [0.2, 0.25) is 0 Å². The van der Waals surface area contributed by atoms with Crippen LogP contribution < -0.4 is 15.4 Å². The molecule has 9 heteroatoms. The van der Waals surface area contributed by atoms with Crippen molar-refractivity contribution in [1.29, 1.82) is 0 Å². The van der Waals surface area contributed by atoms with Gasteiger partial charge in [0.25, 0.3) is 0 Å². The summed E-state index contributed by atoms with van der Waals surface area (Å²) in [5.74, 6) is 0.686. The van der Waals surface area contributed by atoms with Crippen LogP contribution in [0.4, 0.5) is 8.78 Å². The monoisotopic (exact) mass is 418 g/mol. The van der Waals surface area contributed by atoms with Gasteiger partial charge in [-0.3, -0.25) is 0 Å². The van der Waals surface area contributed by atoms with E-state index in [9.17, 15) is 8.78 Å². The molecule has 0 radical (unpaired) electrons. The normalized spacial score (nSPS) is 17.1. The molecule has 0 aromatic heterocycles. The summed E-state index contributed by atoms with van der Waals surface area (Å²) in [4.78, 5) is 6.75. The van der Waals surface area contributed by atoms with Crippen molar-refractivity contribution in [1.82, 2.24) is 15.5 Å². The van der Waals surface area contributed by atoms with E-state index in [4.69, 9.17) is 16.3 Å². The Labute approximate surface area is 170 Å². The van der Waals surface area contributed by atoms with Crippen LogP contribution >= 0.6 is 11.6 Å². The third kappa shape index (κ3) is 6.46. The van der Waals surface area contributed by atoms with Crippen LogP contribution in [0.1, 0.15) is 25.3 Å². The highest BCUT2D eigenvalue weighted by atomic mass is 35.5. The van der Waals surface area contributed by atoms with E-state index >= 15 is 0 Å². The highest BCUT2D eigenvalue weighted by Gasteiger charge is 2.34. The van der Waals surface area contributed by atoms with E-state index in [1.807, 2.05) is 6.92 Å². The maximum atomic E-state index is 12.6. The van der Waals surface area contributed by atoms with Crippen molar-refractivity contribution in [2.75, 3.05) is 40.4 Å². The predicted molar refractivity (Wildman–Crippen MR) is 107 cm³/mol. The number of halogens is 3. The van der Waals surface area contributed by atoms with E-state index in [0.717, 1.165) is 26.1 Å². The van der Waals surface area contributed by atoms with Crippen molar-refractivity contribution >= 4 is 17.6 Å². The average molecular weight is 419 g/mol. The molecule has 0 aliphatic carbocycles. The molecule has 1 heterocycles. The van der Waals surface area contributed by atoms with Crippen LogP contribution in [-0.4, -0.2) is 63.4 Å². The standard InChI is InChI=1S/C19H29ClF2N4O2/c1-4-23-18(25-13-19(26(2)3)7-9-27-10-8-19)24-12-14-11-15(20)5-6-16(14)28-17(21)22/h5-6,11,17H,4,7-10,12-13H2,1-3H3,(H2,23,24,25). The molecule has 0 unspecified atom stereocenters. The number of hydrogen-bond acceptors (Lipinski definition) is 4. The summed E-state index contributed by atoms with van der Waals surface area (Å²) >= 11 is 6.01. The third-order valence-corrected chi connectivity index (χ3v) is 5.18. The van der Waals surface area contributed by atoms with Gasteiger partial charge in [0.05, 0.1) is 6.54 Å². The van der Waals surface area contributed by atoms with Gasteiger partial charge in [0.1, 0.15) is 5.75 Å². The minimum Gasteiger partial charge on any atom is -0.434 e. The number of aliphatic imine (C=N–C) groups is 1. The molecule has 1 fully saturated rings. The van der Waals surface area contributed by atoms with Crippen molar-refractivity contribution in [2.24, 2.45) is 4.99 Å². The molecule has 1 aliphatic rings.